The van der Waals surface area contributed by atoms with Gasteiger partial charge in [-0.1, -0.05) is 49.7 Å². The van der Waals surface area contributed by atoms with Crippen molar-refractivity contribution >= 4 is 10.8 Å². The molecular formula is C18H17Cl2Zr. The largest absolute Gasteiger partial charge is 3.00 e. The summed E-state index contributed by atoms with van der Waals surface area (Å²) in [5, 5.41) is 2.76. The van der Waals surface area contributed by atoms with Gasteiger partial charge in [0.1, 0.15) is 0 Å². The van der Waals surface area contributed by atoms with E-state index in [4.69, 9.17) is 0 Å². The van der Waals surface area contributed by atoms with Gasteiger partial charge >= 0.3 is 26.2 Å². The molecule has 3 rings (SSSR count). The fraction of sp³-hybridized carbons (Fsp3) is 0.167. The monoisotopic (exact) mass is 393 g/mol. The maximum Gasteiger partial charge on any atom is 3.00 e. The van der Waals surface area contributed by atoms with Crippen molar-refractivity contribution in [2.24, 2.45) is 0 Å². The first-order valence-corrected chi connectivity index (χ1v) is 6.53. The Hall–Kier alpha value is -0.487. The molecule has 0 aliphatic carbocycles. The third kappa shape index (κ3) is 4.75. The first-order chi connectivity index (χ1) is 8.84. The van der Waals surface area contributed by atoms with E-state index in [2.05, 4.69) is 73.7 Å². The van der Waals surface area contributed by atoms with Crippen molar-refractivity contribution in [2.45, 2.75) is 19.3 Å². The van der Waals surface area contributed by atoms with Crippen molar-refractivity contribution in [3.8, 4) is 0 Å². The Labute approximate surface area is 158 Å². The second-order valence-corrected chi connectivity index (χ2v) is 4.96. The molecular weight excluding hydrogens is 378 g/mol. The Bertz CT molecular complexity index is 646. The van der Waals surface area contributed by atoms with Crippen molar-refractivity contribution in [3.63, 3.8) is 0 Å². The van der Waals surface area contributed by atoms with Crippen LogP contribution < -0.4 is 24.8 Å². The third-order valence-corrected chi connectivity index (χ3v) is 3.67. The second-order valence-electron chi connectivity index (χ2n) is 4.96. The van der Waals surface area contributed by atoms with Crippen LogP contribution in [-0.4, -0.2) is 0 Å². The standard InChI is InChI=1S/C18H17.2ClH.Zr/c1-14(15-7-3-2-4-8-15)13-17-12-11-16-9-5-6-10-18(16)17;;;/h2-12,14H,13H2,1H3;2*1H;/q-1;;;+3/p-2. The summed E-state index contributed by atoms with van der Waals surface area (Å²) in [6.45, 7) is 2.30. The van der Waals surface area contributed by atoms with E-state index in [0.29, 0.717) is 5.92 Å². The van der Waals surface area contributed by atoms with Crippen LogP contribution in [0.3, 0.4) is 0 Å². The van der Waals surface area contributed by atoms with E-state index < -0.39 is 0 Å². The van der Waals surface area contributed by atoms with Gasteiger partial charge in [-0.25, -0.2) is 0 Å². The number of hydrogen-bond acceptors (Lipinski definition) is 0. The van der Waals surface area contributed by atoms with Gasteiger partial charge in [-0.3, -0.25) is 0 Å². The molecule has 0 amide bonds. The number of hydrogen-bond donors (Lipinski definition) is 0. The zero-order valence-corrected chi connectivity index (χ0v) is 15.9. The minimum atomic E-state index is 0. The molecule has 1 unspecified atom stereocenters. The molecule has 0 saturated carbocycles. The summed E-state index contributed by atoms with van der Waals surface area (Å²) in [5.41, 5.74) is 2.88. The van der Waals surface area contributed by atoms with E-state index in [1.54, 1.807) is 0 Å². The van der Waals surface area contributed by atoms with Crippen LogP contribution in [-0.2, 0) is 32.6 Å². The topological polar surface area (TPSA) is 0 Å². The Morgan fingerprint density at radius 3 is 2.24 bits per heavy atom. The summed E-state index contributed by atoms with van der Waals surface area (Å²) in [6, 6.07) is 23.9. The van der Waals surface area contributed by atoms with Crippen LogP contribution in [0.4, 0.5) is 0 Å². The second kappa shape index (κ2) is 9.51. The summed E-state index contributed by atoms with van der Waals surface area (Å²) in [5.74, 6) is 0.567. The molecule has 0 N–H and O–H groups in total. The predicted molar refractivity (Wildman–Crippen MR) is 78.1 cm³/mol. The molecule has 0 aromatic heterocycles. The number of halogens is 2. The molecule has 0 saturated heterocycles. The number of fused-ring (bicyclic) bond motifs is 1. The van der Waals surface area contributed by atoms with E-state index in [0.717, 1.165) is 6.42 Å². The van der Waals surface area contributed by atoms with Crippen LogP contribution in [0.25, 0.3) is 10.8 Å². The summed E-state index contributed by atoms with van der Waals surface area (Å²) in [6.07, 6.45) is 1.11. The minimum Gasteiger partial charge on any atom is -1.00 e. The van der Waals surface area contributed by atoms with Gasteiger partial charge in [-0.2, -0.15) is 5.56 Å². The molecule has 0 nitrogen and oxygen atoms in total. The van der Waals surface area contributed by atoms with Gasteiger partial charge in [0.25, 0.3) is 0 Å². The van der Waals surface area contributed by atoms with E-state index in [-0.39, 0.29) is 51.0 Å². The average molecular weight is 395 g/mol. The van der Waals surface area contributed by atoms with Crippen molar-refractivity contribution in [1.29, 1.82) is 0 Å². The summed E-state index contributed by atoms with van der Waals surface area (Å²) in [7, 11) is 0. The molecule has 0 aliphatic heterocycles. The van der Waals surface area contributed by atoms with Crippen molar-refractivity contribution in [1.82, 2.24) is 0 Å². The zero-order valence-electron chi connectivity index (χ0n) is 11.9. The summed E-state index contributed by atoms with van der Waals surface area (Å²) in [4.78, 5) is 0. The van der Waals surface area contributed by atoms with E-state index in [1.165, 1.54) is 21.9 Å². The van der Waals surface area contributed by atoms with Gasteiger partial charge in [0.05, 0.1) is 0 Å². The smallest absolute Gasteiger partial charge is 1.00 e. The van der Waals surface area contributed by atoms with E-state index in [1.807, 2.05) is 0 Å². The molecule has 107 valence electrons. The van der Waals surface area contributed by atoms with Crippen LogP contribution in [0.15, 0.2) is 66.7 Å². The Morgan fingerprint density at radius 1 is 0.905 bits per heavy atom. The van der Waals surface area contributed by atoms with Crippen LogP contribution in [0.1, 0.15) is 24.0 Å². The molecule has 1 atom stereocenters. The van der Waals surface area contributed by atoms with Crippen molar-refractivity contribution in [2.75, 3.05) is 0 Å². The first kappa shape index (κ1) is 20.5. The van der Waals surface area contributed by atoms with Gasteiger partial charge in [-0.15, -0.1) is 41.1 Å². The molecule has 21 heavy (non-hydrogen) atoms. The molecule has 0 spiro atoms. The molecule has 0 bridgehead atoms. The SMILES string of the molecule is CC(Cc1c[cH-]c2ccccc12)c1ccccc1.[Cl-].[Cl-].[Zr+3]. The molecule has 3 aromatic rings. The van der Waals surface area contributed by atoms with Crippen molar-refractivity contribution in [3.05, 3.63) is 77.9 Å². The van der Waals surface area contributed by atoms with Crippen LogP contribution in [0.5, 0.6) is 0 Å². The molecule has 0 heterocycles. The maximum atomic E-state index is 2.30. The van der Waals surface area contributed by atoms with Gasteiger partial charge in [0.15, 0.2) is 0 Å². The van der Waals surface area contributed by atoms with Gasteiger partial charge in [0.2, 0.25) is 0 Å². The van der Waals surface area contributed by atoms with E-state index in [9.17, 15) is 0 Å². The number of benzene rings is 2. The van der Waals surface area contributed by atoms with Crippen LogP contribution in [0.2, 0.25) is 0 Å². The fourth-order valence-electron chi connectivity index (χ4n) is 2.62. The Balaban J connectivity index is 0.00000133. The van der Waals surface area contributed by atoms with Gasteiger partial charge < -0.3 is 24.8 Å². The fourth-order valence-corrected chi connectivity index (χ4v) is 2.62. The quantitative estimate of drug-likeness (QED) is 0.495. The summed E-state index contributed by atoms with van der Waals surface area (Å²) >= 11 is 0. The van der Waals surface area contributed by atoms with Crippen molar-refractivity contribution < 1.29 is 51.0 Å². The van der Waals surface area contributed by atoms with Crippen LogP contribution in [0, 0.1) is 0 Å². The molecule has 1 radical (unpaired) electrons. The molecule has 3 aromatic carbocycles. The predicted octanol–water partition coefficient (Wildman–Crippen LogP) is -1.09. The summed E-state index contributed by atoms with van der Waals surface area (Å²) < 4.78 is 0. The van der Waals surface area contributed by atoms with Crippen LogP contribution >= 0.6 is 0 Å². The zero-order chi connectivity index (χ0) is 12.4. The van der Waals surface area contributed by atoms with Gasteiger partial charge in [0, 0.05) is 0 Å². The third-order valence-electron chi connectivity index (χ3n) is 3.67. The first-order valence-electron chi connectivity index (χ1n) is 6.53. The average Bonchev–Trinajstić information content (AvgIpc) is 2.83. The Kier molecular flexibility index (Phi) is 9.29. The number of rotatable bonds is 3. The maximum absolute atomic E-state index is 2.30. The molecule has 0 fully saturated rings. The van der Waals surface area contributed by atoms with E-state index >= 15 is 0 Å². The Morgan fingerprint density at radius 2 is 1.52 bits per heavy atom. The molecule has 3 heteroatoms. The minimum absolute atomic E-state index is 0. The van der Waals surface area contributed by atoms with Gasteiger partial charge in [-0.05, 0) is 11.5 Å². The normalized spacial score (nSPS) is 10.9. The molecule has 0 aliphatic rings.